The van der Waals surface area contributed by atoms with Crippen LogP contribution in [0.15, 0.2) is 36.5 Å². The molecule has 1 unspecified atom stereocenters. The Morgan fingerprint density at radius 2 is 2.06 bits per heavy atom. The maximum absolute atomic E-state index is 10.4. The number of benzene rings is 1. The number of hydrogen-bond acceptors (Lipinski definition) is 2. The molecule has 1 heterocycles. The Kier molecular flexibility index (Phi) is 3.82. The van der Waals surface area contributed by atoms with Crippen molar-refractivity contribution in [2.24, 2.45) is 13.0 Å². The largest absolute Gasteiger partial charge is 0.382 e. The van der Waals surface area contributed by atoms with E-state index in [4.69, 9.17) is 0 Å². The van der Waals surface area contributed by atoms with Gasteiger partial charge in [-0.3, -0.25) is 4.68 Å². The molecule has 0 aliphatic carbocycles. The van der Waals surface area contributed by atoms with Gasteiger partial charge >= 0.3 is 0 Å². The molecule has 0 saturated carbocycles. The summed E-state index contributed by atoms with van der Waals surface area (Å²) in [7, 11) is 1.84. The van der Waals surface area contributed by atoms with E-state index in [1.807, 2.05) is 25.2 Å². The van der Waals surface area contributed by atoms with Crippen LogP contribution in [-0.2, 0) is 13.5 Å². The monoisotopic (exact) mass is 244 g/mol. The summed E-state index contributed by atoms with van der Waals surface area (Å²) in [4.78, 5) is 0. The van der Waals surface area contributed by atoms with E-state index in [9.17, 15) is 5.11 Å². The van der Waals surface area contributed by atoms with Gasteiger partial charge < -0.3 is 5.11 Å². The number of aromatic nitrogens is 2. The maximum Gasteiger partial charge on any atom is 0.121 e. The molecule has 18 heavy (non-hydrogen) atoms. The zero-order chi connectivity index (χ0) is 13.1. The lowest BCUT2D eigenvalue weighted by Gasteiger charge is -2.13. The Bertz CT molecular complexity index is 517. The van der Waals surface area contributed by atoms with E-state index in [0.717, 1.165) is 17.7 Å². The third-order valence-electron chi connectivity index (χ3n) is 3.05. The second-order valence-electron chi connectivity index (χ2n) is 5.13. The van der Waals surface area contributed by atoms with Crippen LogP contribution in [0.1, 0.15) is 36.8 Å². The molecule has 1 aromatic carbocycles. The Morgan fingerprint density at radius 3 is 2.67 bits per heavy atom. The molecule has 0 aliphatic rings. The number of hydrogen-bond donors (Lipinski definition) is 1. The summed E-state index contributed by atoms with van der Waals surface area (Å²) in [5.41, 5.74) is 3.01. The quantitative estimate of drug-likeness (QED) is 0.898. The van der Waals surface area contributed by atoms with Gasteiger partial charge in [0.2, 0.25) is 0 Å². The normalized spacial score (nSPS) is 12.9. The number of aryl methyl sites for hydroxylation is 1. The fourth-order valence-corrected chi connectivity index (χ4v) is 2.18. The van der Waals surface area contributed by atoms with E-state index in [0.29, 0.717) is 5.92 Å². The minimum absolute atomic E-state index is 0.607. The van der Waals surface area contributed by atoms with Gasteiger partial charge in [0.1, 0.15) is 6.10 Å². The number of aliphatic hydroxyl groups is 1. The summed E-state index contributed by atoms with van der Waals surface area (Å²) in [5, 5.41) is 14.4. The minimum Gasteiger partial charge on any atom is -0.382 e. The van der Waals surface area contributed by atoms with Crippen molar-refractivity contribution in [1.29, 1.82) is 0 Å². The van der Waals surface area contributed by atoms with Crippen LogP contribution in [0.3, 0.4) is 0 Å². The molecule has 3 nitrogen and oxygen atoms in total. The number of nitrogens with zero attached hydrogens (tertiary/aromatic N) is 2. The highest BCUT2D eigenvalue weighted by Gasteiger charge is 2.14. The highest BCUT2D eigenvalue weighted by atomic mass is 16.3. The maximum atomic E-state index is 10.4. The second-order valence-corrected chi connectivity index (χ2v) is 5.13. The van der Waals surface area contributed by atoms with E-state index in [1.165, 1.54) is 5.56 Å². The third-order valence-corrected chi connectivity index (χ3v) is 3.05. The average Bonchev–Trinajstić information content (AvgIpc) is 2.74. The predicted molar refractivity (Wildman–Crippen MR) is 72.3 cm³/mol. The SMILES string of the molecule is CC(C)Cc1cccc(C(O)c2ccnn2C)c1. The summed E-state index contributed by atoms with van der Waals surface area (Å²) in [6.45, 7) is 4.40. The van der Waals surface area contributed by atoms with Crippen LogP contribution < -0.4 is 0 Å². The van der Waals surface area contributed by atoms with Crippen LogP contribution in [0.25, 0.3) is 0 Å². The average molecular weight is 244 g/mol. The topological polar surface area (TPSA) is 38.1 Å². The lowest BCUT2D eigenvalue weighted by atomic mass is 9.98. The molecular weight excluding hydrogens is 224 g/mol. The first-order valence-corrected chi connectivity index (χ1v) is 6.32. The Labute approximate surface area is 108 Å². The summed E-state index contributed by atoms with van der Waals surface area (Å²) < 4.78 is 1.71. The standard InChI is InChI=1S/C15H20N2O/c1-11(2)9-12-5-4-6-13(10-12)15(18)14-7-8-16-17(14)3/h4-8,10-11,15,18H,9H2,1-3H3. The Hall–Kier alpha value is -1.61. The summed E-state index contributed by atoms with van der Waals surface area (Å²) in [6.07, 6.45) is 2.13. The molecule has 0 saturated heterocycles. The van der Waals surface area contributed by atoms with E-state index in [-0.39, 0.29) is 0 Å². The molecule has 1 N–H and O–H groups in total. The molecule has 0 radical (unpaired) electrons. The van der Waals surface area contributed by atoms with Crippen molar-refractivity contribution in [3.8, 4) is 0 Å². The van der Waals surface area contributed by atoms with Crippen LogP contribution >= 0.6 is 0 Å². The lowest BCUT2D eigenvalue weighted by Crippen LogP contribution is -2.07. The van der Waals surface area contributed by atoms with Gasteiger partial charge in [0.15, 0.2) is 0 Å². The van der Waals surface area contributed by atoms with Gasteiger partial charge in [-0.1, -0.05) is 38.1 Å². The van der Waals surface area contributed by atoms with Crippen LogP contribution in [0.4, 0.5) is 0 Å². The van der Waals surface area contributed by atoms with Crippen molar-refractivity contribution in [1.82, 2.24) is 9.78 Å². The van der Waals surface area contributed by atoms with Crippen molar-refractivity contribution in [2.75, 3.05) is 0 Å². The van der Waals surface area contributed by atoms with Gasteiger partial charge in [-0.05, 0) is 29.5 Å². The summed E-state index contributed by atoms with van der Waals surface area (Å²) in [5.74, 6) is 0.620. The summed E-state index contributed by atoms with van der Waals surface area (Å²) in [6, 6.07) is 10.0. The summed E-state index contributed by atoms with van der Waals surface area (Å²) >= 11 is 0. The second kappa shape index (κ2) is 5.36. The molecule has 2 rings (SSSR count). The van der Waals surface area contributed by atoms with Crippen molar-refractivity contribution >= 4 is 0 Å². The van der Waals surface area contributed by atoms with Crippen molar-refractivity contribution in [3.63, 3.8) is 0 Å². The molecule has 1 atom stereocenters. The fourth-order valence-electron chi connectivity index (χ4n) is 2.18. The molecule has 96 valence electrons. The lowest BCUT2D eigenvalue weighted by molar-refractivity contribution is 0.209. The van der Waals surface area contributed by atoms with E-state index >= 15 is 0 Å². The molecule has 0 bridgehead atoms. The smallest absolute Gasteiger partial charge is 0.121 e. The first-order chi connectivity index (χ1) is 8.58. The number of rotatable bonds is 4. The molecule has 3 heteroatoms. The van der Waals surface area contributed by atoms with Crippen molar-refractivity contribution in [2.45, 2.75) is 26.4 Å². The van der Waals surface area contributed by atoms with Crippen LogP contribution in [-0.4, -0.2) is 14.9 Å². The van der Waals surface area contributed by atoms with Crippen molar-refractivity contribution < 1.29 is 5.11 Å². The van der Waals surface area contributed by atoms with Gasteiger partial charge in [-0.25, -0.2) is 0 Å². The molecule has 0 spiro atoms. The molecular formula is C15H20N2O. The van der Waals surface area contributed by atoms with Crippen LogP contribution in [0.5, 0.6) is 0 Å². The first kappa shape index (κ1) is 12.8. The molecule has 0 amide bonds. The van der Waals surface area contributed by atoms with Gasteiger partial charge in [0, 0.05) is 13.2 Å². The van der Waals surface area contributed by atoms with Crippen LogP contribution in [0, 0.1) is 5.92 Å². The Balaban J connectivity index is 2.25. The zero-order valence-electron chi connectivity index (χ0n) is 11.2. The molecule has 0 aliphatic heterocycles. The van der Waals surface area contributed by atoms with E-state index in [2.05, 4.69) is 31.1 Å². The predicted octanol–water partition coefficient (Wildman–Crippen LogP) is 2.70. The van der Waals surface area contributed by atoms with Gasteiger partial charge in [-0.2, -0.15) is 5.10 Å². The van der Waals surface area contributed by atoms with Gasteiger partial charge in [-0.15, -0.1) is 0 Å². The van der Waals surface area contributed by atoms with Crippen LogP contribution in [0.2, 0.25) is 0 Å². The van der Waals surface area contributed by atoms with Crippen molar-refractivity contribution in [3.05, 3.63) is 53.3 Å². The molecule has 0 fully saturated rings. The van der Waals surface area contributed by atoms with Gasteiger partial charge in [0.05, 0.1) is 5.69 Å². The highest BCUT2D eigenvalue weighted by Crippen LogP contribution is 2.22. The molecule has 2 aromatic rings. The number of aliphatic hydroxyl groups excluding tert-OH is 1. The minimum atomic E-state index is -0.607. The van der Waals surface area contributed by atoms with E-state index in [1.54, 1.807) is 10.9 Å². The third kappa shape index (κ3) is 2.79. The molecule has 1 aromatic heterocycles. The highest BCUT2D eigenvalue weighted by molar-refractivity contribution is 5.30. The first-order valence-electron chi connectivity index (χ1n) is 6.32. The fraction of sp³-hybridized carbons (Fsp3) is 0.400. The zero-order valence-corrected chi connectivity index (χ0v) is 11.2. The Morgan fingerprint density at radius 1 is 1.28 bits per heavy atom. The van der Waals surface area contributed by atoms with Gasteiger partial charge in [0.25, 0.3) is 0 Å². The van der Waals surface area contributed by atoms with E-state index < -0.39 is 6.10 Å².